The van der Waals surface area contributed by atoms with Crippen LogP contribution in [0.25, 0.3) is 11.0 Å². The van der Waals surface area contributed by atoms with Crippen LogP contribution < -0.4 is 0 Å². The molecule has 2 aromatic rings. The van der Waals surface area contributed by atoms with Crippen molar-refractivity contribution in [3.8, 4) is 0 Å². The average molecular weight is 343 g/mol. The second-order valence-corrected chi connectivity index (χ2v) is 7.40. The van der Waals surface area contributed by atoms with Gasteiger partial charge in [0.05, 0.1) is 11.0 Å². The van der Waals surface area contributed by atoms with Crippen LogP contribution in [-0.2, 0) is 6.54 Å². The molecule has 96 valence electrons. The molecule has 1 aliphatic rings. The minimum absolute atomic E-state index is 0.712. The molecule has 1 N–H and O–H groups in total. The summed E-state index contributed by atoms with van der Waals surface area (Å²) in [6.07, 6.45) is 4.04. The van der Waals surface area contributed by atoms with Gasteiger partial charge in [-0.25, -0.2) is 0 Å². The van der Waals surface area contributed by atoms with Gasteiger partial charge in [-0.1, -0.05) is 22.4 Å². The van der Waals surface area contributed by atoms with Crippen LogP contribution >= 0.6 is 39.9 Å². The standard InChI is InChI=1S/C13H15BrN2S2/c14-9-4-5-11-12(7-9)16(13(17)15-11)8-10-3-1-2-6-18-10/h4-5,7,10H,1-3,6,8H2,(H,15,17). The monoisotopic (exact) mass is 342 g/mol. The number of benzene rings is 1. The third-order valence-electron chi connectivity index (χ3n) is 3.40. The zero-order valence-corrected chi connectivity index (χ0v) is 13.2. The van der Waals surface area contributed by atoms with Crippen molar-refractivity contribution in [1.29, 1.82) is 0 Å². The minimum Gasteiger partial charge on any atom is -0.331 e. The topological polar surface area (TPSA) is 20.7 Å². The van der Waals surface area contributed by atoms with Crippen LogP contribution in [0.5, 0.6) is 0 Å². The van der Waals surface area contributed by atoms with Crippen LogP contribution in [0.1, 0.15) is 19.3 Å². The summed E-state index contributed by atoms with van der Waals surface area (Å²) in [5.74, 6) is 1.30. The molecule has 0 aliphatic carbocycles. The fourth-order valence-electron chi connectivity index (χ4n) is 2.46. The third kappa shape index (κ3) is 2.53. The number of fused-ring (bicyclic) bond motifs is 1. The van der Waals surface area contributed by atoms with Crippen molar-refractivity contribution in [2.45, 2.75) is 31.1 Å². The first-order valence-electron chi connectivity index (χ1n) is 6.24. The molecule has 0 saturated carbocycles. The number of thioether (sulfide) groups is 1. The van der Waals surface area contributed by atoms with Gasteiger partial charge >= 0.3 is 0 Å². The lowest BCUT2D eigenvalue weighted by Crippen LogP contribution is -2.17. The smallest absolute Gasteiger partial charge is 0.178 e. The largest absolute Gasteiger partial charge is 0.331 e. The Balaban J connectivity index is 1.97. The van der Waals surface area contributed by atoms with Crippen LogP contribution in [0, 0.1) is 4.77 Å². The first kappa shape index (κ1) is 12.8. The molecule has 1 aliphatic heterocycles. The van der Waals surface area contributed by atoms with Gasteiger partial charge in [0.1, 0.15) is 0 Å². The highest BCUT2D eigenvalue weighted by molar-refractivity contribution is 9.10. The van der Waals surface area contributed by atoms with Crippen molar-refractivity contribution in [2.24, 2.45) is 0 Å². The van der Waals surface area contributed by atoms with E-state index in [1.165, 1.54) is 30.5 Å². The Morgan fingerprint density at radius 2 is 2.33 bits per heavy atom. The highest BCUT2D eigenvalue weighted by Gasteiger charge is 2.16. The van der Waals surface area contributed by atoms with Gasteiger partial charge in [-0.2, -0.15) is 11.8 Å². The van der Waals surface area contributed by atoms with Gasteiger partial charge in [-0.3, -0.25) is 0 Å². The Bertz CT molecular complexity index is 611. The quantitative estimate of drug-likeness (QED) is 0.795. The minimum atomic E-state index is 0.712. The zero-order valence-electron chi connectivity index (χ0n) is 9.99. The van der Waals surface area contributed by atoms with E-state index in [0.29, 0.717) is 5.25 Å². The fourth-order valence-corrected chi connectivity index (χ4v) is 4.39. The Kier molecular flexibility index (Phi) is 3.82. The van der Waals surface area contributed by atoms with E-state index < -0.39 is 0 Å². The van der Waals surface area contributed by atoms with Crippen LogP contribution in [0.4, 0.5) is 0 Å². The van der Waals surface area contributed by atoms with E-state index in [1.54, 1.807) is 0 Å². The molecule has 1 saturated heterocycles. The maximum Gasteiger partial charge on any atom is 0.178 e. The molecule has 5 heteroatoms. The molecule has 1 fully saturated rings. The number of imidazole rings is 1. The van der Waals surface area contributed by atoms with Crippen molar-refractivity contribution in [2.75, 3.05) is 5.75 Å². The average Bonchev–Trinajstić information content (AvgIpc) is 2.67. The van der Waals surface area contributed by atoms with Crippen LogP contribution in [-0.4, -0.2) is 20.6 Å². The zero-order chi connectivity index (χ0) is 12.5. The van der Waals surface area contributed by atoms with Gasteiger partial charge in [-0.05, 0) is 49.0 Å². The Morgan fingerprint density at radius 1 is 1.44 bits per heavy atom. The third-order valence-corrected chi connectivity index (χ3v) is 5.59. The van der Waals surface area contributed by atoms with Gasteiger partial charge in [0.2, 0.25) is 0 Å². The fraction of sp³-hybridized carbons (Fsp3) is 0.462. The Labute approximate surface area is 124 Å². The van der Waals surface area contributed by atoms with Crippen LogP contribution in [0.15, 0.2) is 22.7 Å². The number of nitrogens with zero attached hydrogens (tertiary/aromatic N) is 1. The summed E-state index contributed by atoms with van der Waals surface area (Å²) in [5, 5.41) is 0.712. The SMILES string of the molecule is S=c1[nH]c2ccc(Br)cc2n1CC1CCCCS1. The molecule has 2 heterocycles. The van der Waals surface area contributed by atoms with E-state index in [4.69, 9.17) is 12.2 Å². The highest BCUT2D eigenvalue weighted by Crippen LogP contribution is 2.28. The van der Waals surface area contributed by atoms with Gasteiger partial charge in [0.25, 0.3) is 0 Å². The molecular weight excluding hydrogens is 328 g/mol. The maximum absolute atomic E-state index is 5.45. The predicted molar refractivity (Wildman–Crippen MR) is 84.9 cm³/mol. The lowest BCUT2D eigenvalue weighted by molar-refractivity contribution is 0.588. The molecule has 2 nitrogen and oxygen atoms in total. The van der Waals surface area contributed by atoms with Gasteiger partial charge in [0, 0.05) is 16.3 Å². The lowest BCUT2D eigenvalue weighted by atomic mass is 10.2. The summed E-state index contributed by atoms with van der Waals surface area (Å²) in [6, 6.07) is 6.28. The van der Waals surface area contributed by atoms with Crippen LogP contribution in [0.2, 0.25) is 0 Å². The van der Waals surface area contributed by atoms with Crippen molar-refractivity contribution in [3.63, 3.8) is 0 Å². The number of aromatic nitrogens is 2. The van der Waals surface area contributed by atoms with Crippen molar-refractivity contribution in [1.82, 2.24) is 9.55 Å². The number of nitrogens with one attached hydrogen (secondary N) is 1. The Hall–Kier alpha value is -0.260. The van der Waals surface area contributed by atoms with Crippen molar-refractivity contribution < 1.29 is 0 Å². The summed E-state index contributed by atoms with van der Waals surface area (Å²) in [4.78, 5) is 3.29. The van der Waals surface area contributed by atoms with Gasteiger partial charge in [0.15, 0.2) is 4.77 Å². The van der Waals surface area contributed by atoms with E-state index in [-0.39, 0.29) is 0 Å². The number of hydrogen-bond acceptors (Lipinski definition) is 2. The molecule has 1 aromatic heterocycles. The summed E-state index contributed by atoms with van der Waals surface area (Å²) in [5.41, 5.74) is 2.34. The summed E-state index contributed by atoms with van der Waals surface area (Å²) in [6.45, 7) is 1.03. The van der Waals surface area contributed by atoms with E-state index in [2.05, 4.69) is 49.4 Å². The van der Waals surface area contributed by atoms with E-state index in [9.17, 15) is 0 Å². The van der Waals surface area contributed by atoms with E-state index in [1.807, 2.05) is 6.07 Å². The highest BCUT2D eigenvalue weighted by atomic mass is 79.9. The van der Waals surface area contributed by atoms with Gasteiger partial charge in [-0.15, -0.1) is 0 Å². The first-order valence-corrected chi connectivity index (χ1v) is 8.49. The van der Waals surface area contributed by atoms with Crippen molar-refractivity contribution in [3.05, 3.63) is 27.4 Å². The predicted octanol–water partition coefficient (Wildman–Crippen LogP) is 4.75. The molecule has 1 aromatic carbocycles. The molecule has 3 rings (SSSR count). The second kappa shape index (κ2) is 5.39. The van der Waals surface area contributed by atoms with E-state index >= 15 is 0 Å². The number of H-pyrrole nitrogens is 1. The summed E-state index contributed by atoms with van der Waals surface area (Å²) in [7, 11) is 0. The van der Waals surface area contributed by atoms with Crippen LogP contribution in [0.3, 0.4) is 0 Å². The molecule has 18 heavy (non-hydrogen) atoms. The Morgan fingerprint density at radius 3 is 3.11 bits per heavy atom. The number of rotatable bonds is 2. The normalized spacial score (nSPS) is 20.4. The van der Waals surface area contributed by atoms with E-state index in [0.717, 1.165) is 21.3 Å². The number of halogens is 1. The number of aromatic amines is 1. The molecule has 1 atom stereocenters. The molecule has 0 amide bonds. The molecule has 0 radical (unpaired) electrons. The van der Waals surface area contributed by atoms with Crippen molar-refractivity contribution >= 4 is 50.9 Å². The second-order valence-electron chi connectivity index (χ2n) is 4.69. The molecular formula is C13H15BrN2S2. The summed E-state index contributed by atoms with van der Waals surface area (Å²) >= 11 is 11.1. The van der Waals surface area contributed by atoms with Gasteiger partial charge < -0.3 is 9.55 Å². The first-order chi connectivity index (χ1) is 8.74. The number of hydrogen-bond donors (Lipinski definition) is 1. The molecule has 0 bridgehead atoms. The molecule has 1 unspecified atom stereocenters. The lowest BCUT2D eigenvalue weighted by Gasteiger charge is -2.21. The summed E-state index contributed by atoms with van der Waals surface area (Å²) < 4.78 is 4.20. The maximum atomic E-state index is 5.45. The molecule has 0 spiro atoms.